The first-order valence-electron chi connectivity index (χ1n) is 12.7. The van der Waals surface area contributed by atoms with Gasteiger partial charge < -0.3 is 25.2 Å². The number of rotatable bonds is 8. The lowest BCUT2D eigenvalue weighted by molar-refractivity contribution is -0.137. The maximum absolute atomic E-state index is 13.6. The maximum Gasteiger partial charge on any atom is 0.421 e. The highest BCUT2D eigenvalue weighted by atomic mass is 35.5. The molecule has 2 bridgehead atoms. The SMILES string of the molecule is CN1[C@@H]2CC[C@H]1CN(c1ccc(Nc3ncc(C(F)(F)F)c(NCCCN4C=COC=CC4=O)n3)c(Cl)c1)C2. The number of fused-ring (bicyclic) bond motifs is 2. The summed E-state index contributed by atoms with van der Waals surface area (Å²) in [5.41, 5.74) is 0.511. The van der Waals surface area contributed by atoms with Gasteiger partial charge in [-0.25, -0.2) is 4.98 Å². The topological polar surface area (TPSA) is 85.9 Å². The first-order valence-corrected chi connectivity index (χ1v) is 13.1. The fourth-order valence-electron chi connectivity index (χ4n) is 5.09. The van der Waals surface area contributed by atoms with E-state index in [0.717, 1.165) is 25.0 Å². The number of aromatic nitrogens is 2. The van der Waals surface area contributed by atoms with Crippen LogP contribution in [0.25, 0.3) is 0 Å². The predicted molar refractivity (Wildman–Crippen MR) is 143 cm³/mol. The molecule has 2 fully saturated rings. The van der Waals surface area contributed by atoms with Crippen LogP contribution in [-0.2, 0) is 15.7 Å². The second kappa shape index (κ2) is 11.3. The third-order valence-corrected chi connectivity index (χ3v) is 7.58. The van der Waals surface area contributed by atoms with Crippen molar-refractivity contribution in [2.24, 2.45) is 0 Å². The van der Waals surface area contributed by atoms with Crippen molar-refractivity contribution in [3.8, 4) is 0 Å². The zero-order chi connectivity index (χ0) is 27.6. The molecule has 39 heavy (non-hydrogen) atoms. The summed E-state index contributed by atoms with van der Waals surface area (Å²) in [5, 5.41) is 6.10. The fraction of sp³-hybridized carbons (Fsp3) is 0.423. The van der Waals surface area contributed by atoms with Gasteiger partial charge in [0.15, 0.2) is 0 Å². The first kappa shape index (κ1) is 27.1. The van der Waals surface area contributed by atoms with Gasteiger partial charge in [-0.3, -0.25) is 9.69 Å². The van der Waals surface area contributed by atoms with Crippen molar-refractivity contribution >= 4 is 40.6 Å². The van der Waals surface area contributed by atoms with Crippen LogP contribution in [0.5, 0.6) is 0 Å². The van der Waals surface area contributed by atoms with Gasteiger partial charge in [0.2, 0.25) is 5.95 Å². The third-order valence-electron chi connectivity index (χ3n) is 7.27. The summed E-state index contributed by atoms with van der Waals surface area (Å²) in [6.07, 6.45) is 4.19. The van der Waals surface area contributed by atoms with E-state index in [0.29, 0.717) is 29.2 Å². The highest BCUT2D eigenvalue weighted by Crippen LogP contribution is 2.36. The molecule has 2 atom stereocenters. The molecule has 0 unspecified atom stereocenters. The van der Waals surface area contributed by atoms with Crippen LogP contribution < -0.4 is 15.5 Å². The van der Waals surface area contributed by atoms with Crippen LogP contribution >= 0.6 is 11.6 Å². The number of halogens is 4. The normalized spacial score (nSPS) is 21.2. The number of anilines is 4. The highest BCUT2D eigenvalue weighted by molar-refractivity contribution is 6.33. The van der Waals surface area contributed by atoms with Gasteiger partial charge in [-0.05, 0) is 44.5 Å². The van der Waals surface area contributed by atoms with Gasteiger partial charge in [0.25, 0.3) is 5.91 Å². The van der Waals surface area contributed by atoms with Crippen LogP contribution in [0.1, 0.15) is 24.8 Å². The number of benzene rings is 1. The molecule has 0 radical (unpaired) electrons. The number of ether oxygens (including phenoxy) is 1. The summed E-state index contributed by atoms with van der Waals surface area (Å²) < 4.78 is 45.8. The number of carbonyl (C=O) groups is 1. The number of amides is 1. The van der Waals surface area contributed by atoms with E-state index in [9.17, 15) is 18.0 Å². The van der Waals surface area contributed by atoms with E-state index in [1.54, 1.807) is 6.07 Å². The Morgan fingerprint density at radius 3 is 2.67 bits per heavy atom. The zero-order valence-corrected chi connectivity index (χ0v) is 22.0. The van der Waals surface area contributed by atoms with Crippen molar-refractivity contribution in [1.82, 2.24) is 19.8 Å². The Balaban J connectivity index is 1.25. The summed E-state index contributed by atoms with van der Waals surface area (Å²) in [5.74, 6) is -0.663. The second-order valence-corrected chi connectivity index (χ2v) is 10.1. The lowest BCUT2D eigenvalue weighted by Crippen LogP contribution is -2.52. The molecular formula is C26H29ClF3N7O2. The molecule has 2 aromatic rings. The summed E-state index contributed by atoms with van der Waals surface area (Å²) in [4.78, 5) is 26.1. The Kier molecular flexibility index (Phi) is 7.85. The Hall–Kier alpha value is -3.51. The number of hydrogen-bond donors (Lipinski definition) is 2. The quantitative estimate of drug-likeness (QED) is 0.442. The molecule has 0 spiro atoms. The van der Waals surface area contributed by atoms with Crippen molar-refractivity contribution < 1.29 is 22.7 Å². The lowest BCUT2D eigenvalue weighted by atomic mass is 10.1. The van der Waals surface area contributed by atoms with E-state index in [4.69, 9.17) is 16.3 Å². The van der Waals surface area contributed by atoms with Crippen LogP contribution in [0.15, 0.2) is 49.2 Å². The monoisotopic (exact) mass is 563 g/mol. The standard InChI is InChI=1S/C26H29ClF3N7O2/c1-35-18-3-4-19(35)16-37(15-18)17-5-6-22(21(27)13-17)33-25-32-14-20(26(28,29)30)24(34-25)31-8-2-9-36-10-12-39-11-7-23(36)38/h5-7,10-14,18-19H,2-4,8-9,15-16H2,1H3,(H2,31,32,33,34)/t18-,19+. The van der Waals surface area contributed by atoms with Crippen molar-refractivity contribution in [3.63, 3.8) is 0 Å². The number of nitrogens with zero attached hydrogens (tertiary/aromatic N) is 5. The smallest absolute Gasteiger partial charge is 0.421 e. The Morgan fingerprint density at radius 1 is 1.18 bits per heavy atom. The maximum atomic E-state index is 13.6. The molecule has 3 aliphatic heterocycles. The average Bonchev–Trinajstić information content (AvgIpc) is 3.06. The van der Waals surface area contributed by atoms with Gasteiger partial charge in [-0.2, -0.15) is 18.2 Å². The Bertz CT molecular complexity index is 1260. The van der Waals surface area contributed by atoms with Crippen molar-refractivity contribution in [1.29, 1.82) is 0 Å². The fourth-order valence-corrected chi connectivity index (χ4v) is 5.31. The molecule has 9 nitrogen and oxygen atoms in total. The van der Waals surface area contributed by atoms with Crippen LogP contribution in [0.3, 0.4) is 0 Å². The molecule has 1 aromatic carbocycles. The summed E-state index contributed by atoms with van der Waals surface area (Å²) in [6.45, 7) is 2.29. The molecule has 2 N–H and O–H groups in total. The molecule has 13 heteroatoms. The average molecular weight is 564 g/mol. The number of hydrogen-bond acceptors (Lipinski definition) is 8. The molecule has 0 aliphatic carbocycles. The largest absolute Gasteiger partial charge is 0.471 e. The molecule has 4 heterocycles. The third kappa shape index (κ3) is 6.22. The van der Waals surface area contributed by atoms with Gasteiger partial charge in [0.1, 0.15) is 17.6 Å². The van der Waals surface area contributed by atoms with Crippen LogP contribution in [-0.4, -0.2) is 71.0 Å². The van der Waals surface area contributed by atoms with Gasteiger partial charge in [0, 0.05) is 62.4 Å². The van der Waals surface area contributed by atoms with Gasteiger partial charge in [-0.1, -0.05) is 11.6 Å². The summed E-state index contributed by atoms with van der Waals surface area (Å²) >= 11 is 6.56. The molecule has 0 saturated carbocycles. The molecular weight excluding hydrogens is 535 g/mol. The van der Waals surface area contributed by atoms with Gasteiger partial charge in [0.05, 0.1) is 17.0 Å². The van der Waals surface area contributed by atoms with Crippen LogP contribution in [0.4, 0.5) is 36.3 Å². The van der Waals surface area contributed by atoms with Gasteiger partial charge in [-0.15, -0.1) is 0 Å². The number of nitrogens with one attached hydrogen (secondary N) is 2. The molecule has 1 aromatic heterocycles. The van der Waals surface area contributed by atoms with E-state index in [1.165, 1.54) is 42.5 Å². The number of carbonyl (C=O) groups excluding carboxylic acids is 1. The zero-order valence-electron chi connectivity index (χ0n) is 21.3. The molecule has 208 valence electrons. The Labute approximate surface area is 229 Å². The lowest BCUT2D eigenvalue weighted by Gasteiger charge is -2.40. The van der Waals surface area contributed by atoms with E-state index in [-0.39, 0.29) is 30.8 Å². The van der Waals surface area contributed by atoms with Crippen LogP contribution in [0, 0.1) is 0 Å². The summed E-state index contributed by atoms with van der Waals surface area (Å²) in [6, 6.07) is 6.64. The molecule has 5 rings (SSSR count). The number of piperazine rings is 1. The number of likely N-dealkylation sites (N-methyl/N-ethyl adjacent to an activating group) is 1. The van der Waals surface area contributed by atoms with E-state index in [1.807, 2.05) is 12.1 Å². The Morgan fingerprint density at radius 2 is 1.95 bits per heavy atom. The predicted octanol–water partition coefficient (Wildman–Crippen LogP) is 4.82. The van der Waals surface area contributed by atoms with E-state index < -0.39 is 11.7 Å². The first-order chi connectivity index (χ1) is 18.7. The minimum atomic E-state index is -4.65. The highest BCUT2D eigenvalue weighted by Gasteiger charge is 2.38. The van der Waals surface area contributed by atoms with Crippen molar-refractivity contribution in [3.05, 3.63) is 59.8 Å². The number of alkyl halides is 3. The summed E-state index contributed by atoms with van der Waals surface area (Å²) in [7, 11) is 2.17. The molecule has 2 saturated heterocycles. The minimum Gasteiger partial charge on any atom is -0.471 e. The molecule has 1 amide bonds. The van der Waals surface area contributed by atoms with E-state index in [2.05, 4.69) is 37.4 Å². The second-order valence-electron chi connectivity index (χ2n) is 9.73. The van der Waals surface area contributed by atoms with E-state index >= 15 is 0 Å². The van der Waals surface area contributed by atoms with Crippen molar-refractivity contribution in [2.75, 3.05) is 48.8 Å². The minimum absolute atomic E-state index is 0.0225. The van der Waals surface area contributed by atoms with Gasteiger partial charge >= 0.3 is 6.18 Å². The molecule has 3 aliphatic rings. The van der Waals surface area contributed by atoms with Crippen LogP contribution in [0.2, 0.25) is 5.02 Å². The van der Waals surface area contributed by atoms with Crippen molar-refractivity contribution in [2.45, 2.75) is 37.5 Å².